The van der Waals surface area contributed by atoms with Crippen molar-refractivity contribution in [1.29, 1.82) is 0 Å². The largest absolute Gasteiger partial charge is 0.469 e. The van der Waals surface area contributed by atoms with E-state index in [0.717, 1.165) is 32.2 Å². The molecule has 0 N–H and O–H groups in total. The summed E-state index contributed by atoms with van der Waals surface area (Å²) in [5.41, 5.74) is 0. The molecule has 4 nitrogen and oxygen atoms in total. The molecule has 17 heavy (non-hydrogen) atoms. The van der Waals surface area contributed by atoms with E-state index in [1.165, 1.54) is 7.11 Å². The van der Waals surface area contributed by atoms with E-state index in [0.29, 0.717) is 18.2 Å². The van der Waals surface area contributed by atoms with Gasteiger partial charge in [0.25, 0.3) is 0 Å². The van der Waals surface area contributed by atoms with Crippen molar-refractivity contribution in [3.8, 4) is 0 Å². The summed E-state index contributed by atoms with van der Waals surface area (Å²) in [7, 11) is 1.43. The molecule has 3 aliphatic rings. The summed E-state index contributed by atoms with van der Waals surface area (Å²) in [4.78, 5) is 26.2. The van der Waals surface area contributed by atoms with Crippen molar-refractivity contribution in [1.82, 2.24) is 4.90 Å². The van der Waals surface area contributed by atoms with E-state index in [2.05, 4.69) is 4.90 Å². The second kappa shape index (κ2) is 4.09. The summed E-state index contributed by atoms with van der Waals surface area (Å²) in [6.45, 7) is 1.07. The van der Waals surface area contributed by atoms with E-state index >= 15 is 0 Å². The highest BCUT2D eigenvalue weighted by Crippen LogP contribution is 2.43. The Labute approximate surface area is 101 Å². The zero-order chi connectivity index (χ0) is 12.0. The van der Waals surface area contributed by atoms with Gasteiger partial charge < -0.3 is 4.74 Å². The van der Waals surface area contributed by atoms with Gasteiger partial charge in [0.2, 0.25) is 0 Å². The summed E-state index contributed by atoms with van der Waals surface area (Å²) in [5.74, 6) is 0.299. The Kier molecular flexibility index (Phi) is 2.69. The Balaban J connectivity index is 1.76. The molecule has 1 aliphatic carbocycles. The number of ketones is 1. The van der Waals surface area contributed by atoms with Crippen molar-refractivity contribution in [2.24, 2.45) is 11.8 Å². The third-order valence-corrected chi connectivity index (χ3v) is 4.76. The van der Waals surface area contributed by atoms with E-state index in [9.17, 15) is 9.59 Å². The molecule has 2 saturated heterocycles. The summed E-state index contributed by atoms with van der Waals surface area (Å²) >= 11 is 0. The first kappa shape index (κ1) is 11.2. The molecule has 2 aliphatic heterocycles. The van der Waals surface area contributed by atoms with Crippen LogP contribution in [-0.4, -0.2) is 42.4 Å². The van der Waals surface area contributed by atoms with Crippen LogP contribution in [0.15, 0.2) is 0 Å². The van der Waals surface area contributed by atoms with E-state index in [-0.39, 0.29) is 23.8 Å². The molecule has 1 saturated carbocycles. The van der Waals surface area contributed by atoms with Gasteiger partial charge in [-0.2, -0.15) is 0 Å². The lowest BCUT2D eigenvalue weighted by molar-refractivity contribution is -0.147. The van der Waals surface area contributed by atoms with Crippen molar-refractivity contribution >= 4 is 11.8 Å². The van der Waals surface area contributed by atoms with Crippen LogP contribution in [0.4, 0.5) is 0 Å². The average Bonchev–Trinajstić information content (AvgIpc) is 2.92. The fraction of sp³-hybridized carbons (Fsp3) is 0.846. The molecule has 0 radical (unpaired) electrons. The highest BCUT2D eigenvalue weighted by molar-refractivity contribution is 5.90. The number of fused-ring (bicyclic) bond motifs is 3. The minimum atomic E-state index is -0.136. The zero-order valence-corrected chi connectivity index (χ0v) is 10.2. The molecule has 0 aromatic heterocycles. The number of methoxy groups -OCH3 is 1. The van der Waals surface area contributed by atoms with Crippen molar-refractivity contribution in [3.63, 3.8) is 0 Å². The SMILES string of the molecule is COC(=O)[C@@H]1CC[C@@H]2[C@@H](C1)C(=O)[C@@H]1CCCN21. The summed E-state index contributed by atoms with van der Waals surface area (Å²) in [5, 5.41) is 0. The Bertz CT molecular complexity index is 355. The van der Waals surface area contributed by atoms with Gasteiger partial charge in [-0.25, -0.2) is 0 Å². The average molecular weight is 237 g/mol. The van der Waals surface area contributed by atoms with Crippen LogP contribution in [0.25, 0.3) is 0 Å². The molecule has 0 aromatic rings. The predicted octanol–water partition coefficient (Wildman–Crippen LogP) is 0.991. The number of hydrogen-bond donors (Lipinski definition) is 0. The minimum Gasteiger partial charge on any atom is -0.469 e. The number of ether oxygens (including phenoxy) is 1. The standard InChI is InChI=1S/C13H19NO3/c1-17-13(16)8-4-5-10-9(7-8)12(15)11-3-2-6-14(10)11/h8-11H,2-7H2,1H3/t8-,9-,10-,11+/m1/s1. The lowest BCUT2D eigenvalue weighted by atomic mass is 9.77. The molecule has 0 amide bonds. The van der Waals surface area contributed by atoms with Crippen molar-refractivity contribution < 1.29 is 14.3 Å². The summed E-state index contributed by atoms with van der Waals surface area (Å²) < 4.78 is 4.80. The molecule has 3 fully saturated rings. The van der Waals surface area contributed by atoms with Crippen molar-refractivity contribution in [2.45, 2.75) is 44.2 Å². The normalized spacial score (nSPS) is 41.1. The smallest absolute Gasteiger partial charge is 0.308 e. The highest BCUT2D eigenvalue weighted by Gasteiger charge is 2.52. The molecule has 4 heteroatoms. The number of Topliss-reactive ketones (excluding diaryl/α,β-unsaturated/α-hetero) is 1. The van der Waals surface area contributed by atoms with Gasteiger partial charge in [0.05, 0.1) is 19.1 Å². The number of esters is 1. The third-order valence-electron chi connectivity index (χ3n) is 4.76. The van der Waals surface area contributed by atoms with Gasteiger partial charge in [0.15, 0.2) is 5.78 Å². The van der Waals surface area contributed by atoms with E-state index in [4.69, 9.17) is 4.74 Å². The Hall–Kier alpha value is -0.900. The minimum absolute atomic E-state index is 0.0507. The van der Waals surface area contributed by atoms with Gasteiger partial charge in [0.1, 0.15) is 0 Å². The Morgan fingerprint density at radius 1 is 1.35 bits per heavy atom. The molecule has 2 heterocycles. The number of carbonyl (C=O) groups is 2. The molecule has 94 valence electrons. The molecule has 0 unspecified atom stereocenters. The number of nitrogens with zero attached hydrogens (tertiary/aromatic N) is 1. The Morgan fingerprint density at radius 3 is 2.94 bits per heavy atom. The van der Waals surface area contributed by atoms with Gasteiger partial charge >= 0.3 is 5.97 Å². The van der Waals surface area contributed by atoms with Crippen LogP contribution in [0.2, 0.25) is 0 Å². The van der Waals surface area contributed by atoms with Crippen LogP contribution in [0.1, 0.15) is 32.1 Å². The first-order chi connectivity index (χ1) is 8.22. The van der Waals surface area contributed by atoms with Crippen molar-refractivity contribution in [3.05, 3.63) is 0 Å². The molecule has 0 aromatic carbocycles. The topological polar surface area (TPSA) is 46.6 Å². The zero-order valence-electron chi connectivity index (χ0n) is 10.2. The van der Waals surface area contributed by atoms with Gasteiger partial charge in [-0.3, -0.25) is 14.5 Å². The number of carbonyl (C=O) groups excluding carboxylic acids is 2. The fourth-order valence-electron chi connectivity index (χ4n) is 3.98. The maximum atomic E-state index is 12.3. The predicted molar refractivity (Wildman–Crippen MR) is 61.4 cm³/mol. The molecule has 0 spiro atoms. The van der Waals surface area contributed by atoms with E-state index in [1.54, 1.807) is 0 Å². The number of rotatable bonds is 1. The molecule has 3 rings (SSSR count). The first-order valence-electron chi connectivity index (χ1n) is 6.59. The second-order valence-electron chi connectivity index (χ2n) is 5.51. The van der Waals surface area contributed by atoms with Crippen LogP contribution < -0.4 is 0 Å². The highest BCUT2D eigenvalue weighted by atomic mass is 16.5. The van der Waals surface area contributed by atoms with E-state index in [1.807, 2.05) is 0 Å². The van der Waals surface area contributed by atoms with Gasteiger partial charge in [-0.05, 0) is 38.6 Å². The summed E-state index contributed by atoms with van der Waals surface area (Å²) in [6.07, 6.45) is 4.75. The molecule has 4 atom stereocenters. The first-order valence-corrected chi connectivity index (χ1v) is 6.59. The van der Waals surface area contributed by atoms with Gasteiger partial charge in [-0.1, -0.05) is 0 Å². The van der Waals surface area contributed by atoms with Crippen LogP contribution in [0.3, 0.4) is 0 Å². The number of hydrogen-bond acceptors (Lipinski definition) is 4. The second-order valence-corrected chi connectivity index (χ2v) is 5.51. The maximum Gasteiger partial charge on any atom is 0.308 e. The van der Waals surface area contributed by atoms with Crippen molar-refractivity contribution in [2.75, 3.05) is 13.7 Å². The van der Waals surface area contributed by atoms with Crippen LogP contribution in [-0.2, 0) is 14.3 Å². The fourth-order valence-corrected chi connectivity index (χ4v) is 3.98. The molecular weight excluding hydrogens is 218 g/mol. The maximum absolute atomic E-state index is 12.3. The third kappa shape index (κ3) is 1.61. The van der Waals surface area contributed by atoms with Crippen LogP contribution in [0.5, 0.6) is 0 Å². The quantitative estimate of drug-likeness (QED) is 0.638. The van der Waals surface area contributed by atoms with Gasteiger partial charge in [0, 0.05) is 12.0 Å². The molecular formula is C13H19NO3. The van der Waals surface area contributed by atoms with Crippen LogP contribution >= 0.6 is 0 Å². The monoisotopic (exact) mass is 237 g/mol. The summed E-state index contributed by atoms with van der Waals surface area (Å²) in [6, 6.07) is 0.581. The Morgan fingerprint density at radius 2 is 2.18 bits per heavy atom. The lowest BCUT2D eigenvalue weighted by Gasteiger charge is -2.33. The van der Waals surface area contributed by atoms with E-state index < -0.39 is 0 Å². The molecule has 0 bridgehead atoms. The lowest BCUT2D eigenvalue weighted by Crippen LogP contribution is -2.39. The van der Waals surface area contributed by atoms with Crippen LogP contribution in [0, 0.1) is 11.8 Å². The van der Waals surface area contributed by atoms with Gasteiger partial charge in [-0.15, -0.1) is 0 Å².